The van der Waals surface area contributed by atoms with E-state index in [9.17, 15) is 23.3 Å². The number of benzene rings is 1. The van der Waals surface area contributed by atoms with E-state index in [1.165, 1.54) is 6.07 Å². The first kappa shape index (κ1) is 13.5. The van der Waals surface area contributed by atoms with E-state index in [2.05, 4.69) is 0 Å². The highest BCUT2D eigenvalue weighted by Gasteiger charge is 2.39. The maximum Gasteiger partial charge on any atom is 0.423 e. The minimum atomic E-state index is -4.92. The van der Waals surface area contributed by atoms with Crippen molar-refractivity contribution in [1.82, 2.24) is 0 Å². The fourth-order valence-electron chi connectivity index (χ4n) is 1.35. The van der Waals surface area contributed by atoms with Crippen LogP contribution in [0.25, 0.3) is 0 Å². The molecular weight excluding hydrogens is 251 g/mol. The molecule has 92 valence electrons. The summed E-state index contributed by atoms with van der Waals surface area (Å²) in [7, 11) is 0. The standard InChI is InChI=1S/C10H4F3N3O2/c11-10(12,13)8-3-6(1-2-14)7(5-15)4-9(8)16(17)18/h3-4H,1H2. The number of halogens is 3. The number of nitriles is 2. The quantitative estimate of drug-likeness (QED) is 0.599. The molecule has 0 saturated carbocycles. The van der Waals surface area contributed by atoms with Crippen LogP contribution in [0, 0.1) is 32.8 Å². The second-order valence-electron chi connectivity index (χ2n) is 3.23. The van der Waals surface area contributed by atoms with Gasteiger partial charge in [0.2, 0.25) is 0 Å². The molecule has 1 aromatic carbocycles. The van der Waals surface area contributed by atoms with E-state index in [4.69, 9.17) is 10.5 Å². The molecule has 18 heavy (non-hydrogen) atoms. The molecule has 1 aromatic rings. The Kier molecular flexibility index (Phi) is 3.53. The molecule has 0 saturated heterocycles. The van der Waals surface area contributed by atoms with Crippen molar-refractivity contribution in [3.8, 4) is 12.1 Å². The molecule has 0 bridgehead atoms. The van der Waals surface area contributed by atoms with E-state index >= 15 is 0 Å². The smallest absolute Gasteiger partial charge is 0.258 e. The molecule has 0 atom stereocenters. The molecule has 0 heterocycles. The molecule has 0 amide bonds. The number of hydrogen-bond acceptors (Lipinski definition) is 4. The summed E-state index contributed by atoms with van der Waals surface area (Å²) >= 11 is 0. The second kappa shape index (κ2) is 4.72. The summed E-state index contributed by atoms with van der Waals surface area (Å²) < 4.78 is 37.8. The Hall–Kier alpha value is -2.61. The van der Waals surface area contributed by atoms with Crippen molar-refractivity contribution in [2.45, 2.75) is 12.6 Å². The van der Waals surface area contributed by atoms with Crippen LogP contribution in [0.15, 0.2) is 12.1 Å². The first-order chi connectivity index (χ1) is 8.31. The van der Waals surface area contributed by atoms with Crippen LogP contribution in [0.2, 0.25) is 0 Å². The number of hydrogen-bond donors (Lipinski definition) is 0. The van der Waals surface area contributed by atoms with Crippen molar-refractivity contribution in [3.05, 3.63) is 38.9 Å². The van der Waals surface area contributed by atoms with Gasteiger partial charge in [-0.3, -0.25) is 10.1 Å². The lowest BCUT2D eigenvalue weighted by molar-refractivity contribution is -0.388. The van der Waals surface area contributed by atoms with E-state index in [0.29, 0.717) is 12.1 Å². The molecule has 0 unspecified atom stereocenters. The van der Waals surface area contributed by atoms with Gasteiger partial charge in [-0.2, -0.15) is 23.7 Å². The lowest BCUT2D eigenvalue weighted by Crippen LogP contribution is -2.10. The lowest BCUT2D eigenvalue weighted by Gasteiger charge is -2.09. The van der Waals surface area contributed by atoms with E-state index < -0.39 is 28.8 Å². The van der Waals surface area contributed by atoms with Crippen LogP contribution >= 0.6 is 0 Å². The number of alkyl halides is 3. The zero-order valence-corrected chi connectivity index (χ0v) is 8.65. The SMILES string of the molecule is N#CCc1cc(C(F)(F)F)c([N+](=O)[O-])cc1C#N. The van der Waals surface area contributed by atoms with E-state index in [-0.39, 0.29) is 11.1 Å². The Bertz CT molecular complexity index is 582. The van der Waals surface area contributed by atoms with Crippen molar-refractivity contribution in [3.63, 3.8) is 0 Å². The Morgan fingerprint density at radius 1 is 1.33 bits per heavy atom. The molecule has 0 aromatic heterocycles. The van der Waals surface area contributed by atoms with Gasteiger partial charge in [0.25, 0.3) is 5.69 Å². The largest absolute Gasteiger partial charge is 0.423 e. The van der Waals surface area contributed by atoms with Gasteiger partial charge in [0.15, 0.2) is 0 Å². The van der Waals surface area contributed by atoms with Crippen molar-refractivity contribution in [1.29, 1.82) is 10.5 Å². The van der Waals surface area contributed by atoms with Gasteiger partial charge in [-0.25, -0.2) is 0 Å². The van der Waals surface area contributed by atoms with Gasteiger partial charge in [-0.15, -0.1) is 0 Å². The third kappa shape index (κ3) is 2.55. The second-order valence-corrected chi connectivity index (χ2v) is 3.23. The van der Waals surface area contributed by atoms with Gasteiger partial charge in [0, 0.05) is 6.07 Å². The van der Waals surface area contributed by atoms with Gasteiger partial charge in [0.05, 0.1) is 29.0 Å². The minimum absolute atomic E-state index is 0.182. The minimum Gasteiger partial charge on any atom is -0.258 e. The molecule has 0 N–H and O–H groups in total. The Morgan fingerprint density at radius 2 is 1.94 bits per heavy atom. The van der Waals surface area contributed by atoms with E-state index in [0.717, 1.165) is 0 Å². The first-order valence-corrected chi connectivity index (χ1v) is 4.46. The van der Waals surface area contributed by atoms with Gasteiger partial charge < -0.3 is 0 Å². The van der Waals surface area contributed by atoms with Crippen molar-refractivity contribution >= 4 is 5.69 Å². The summed E-state index contributed by atoms with van der Waals surface area (Å²) in [5.41, 5.74) is -3.15. The zero-order chi connectivity index (χ0) is 13.9. The number of rotatable bonds is 2. The summed E-state index contributed by atoms with van der Waals surface area (Å²) in [6.45, 7) is 0. The molecule has 0 fully saturated rings. The number of nitrogens with zero attached hydrogens (tertiary/aromatic N) is 3. The predicted molar refractivity (Wildman–Crippen MR) is 52.1 cm³/mol. The summed E-state index contributed by atoms with van der Waals surface area (Å²) in [6, 6.07) is 4.14. The van der Waals surface area contributed by atoms with Gasteiger partial charge in [-0.1, -0.05) is 0 Å². The van der Waals surface area contributed by atoms with Crippen LogP contribution in [0.3, 0.4) is 0 Å². The first-order valence-electron chi connectivity index (χ1n) is 4.46. The van der Waals surface area contributed by atoms with Crippen LogP contribution in [-0.4, -0.2) is 4.92 Å². The molecule has 1 rings (SSSR count). The summed E-state index contributed by atoms with van der Waals surface area (Å²) in [4.78, 5) is 9.33. The maximum atomic E-state index is 12.6. The molecular formula is C10H4F3N3O2. The third-order valence-corrected chi connectivity index (χ3v) is 2.11. The number of nitro groups is 1. The Morgan fingerprint density at radius 3 is 2.33 bits per heavy atom. The van der Waals surface area contributed by atoms with Gasteiger partial charge in [0.1, 0.15) is 5.56 Å². The molecule has 0 radical (unpaired) electrons. The maximum absolute atomic E-state index is 12.6. The molecule has 8 heteroatoms. The van der Waals surface area contributed by atoms with Gasteiger partial charge in [-0.05, 0) is 11.6 Å². The average molecular weight is 255 g/mol. The van der Waals surface area contributed by atoms with Crippen LogP contribution in [0.4, 0.5) is 18.9 Å². The van der Waals surface area contributed by atoms with Gasteiger partial charge >= 0.3 is 6.18 Å². The van der Waals surface area contributed by atoms with Crippen LogP contribution in [0.5, 0.6) is 0 Å². The van der Waals surface area contributed by atoms with Crippen LogP contribution in [-0.2, 0) is 12.6 Å². The third-order valence-electron chi connectivity index (χ3n) is 2.11. The molecule has 5 nitrogen and oxygen atoms in total. The normalized spacial score (nSPS) is 10.5. The zero-order valence-electron chi connectivity index (χ0n) is 8.65. The molecule has 0 aliphatic heterocycles. The van der Waals surface area contributed by atoms with E-state index in [1.807, 2.05) is 0 Å². The van der Waals surface area contributed by atoms with Crippen molar-refractivity contribution in [2.24, 2.45) is 0 Å². The highest BCUT2D eigenvalue weighted by atomic mass is 19.4. The van der Waals surface area contributed by atoms with E-state index in [1.54, 1.807) is 6.07 Å². The Balaban J connectivity index is 3.60. The summed E-state index contributed by atoms with van der Waals surface area (Å²) in [6.07, 6.45) is -5.34. The lowest BCUT2D eigenvalue weighted by atomic mass is 10.0. The molecule has 0 spiro atoms. The predicted octanol–water partition coefficient (Wildman–Crippen LogP) is 2.55. The Labute approximate surface area is 98.8 Å². The average Bonchev–Trinajstić information content (AvgIpc) is 2.27. The topological polar surface area (TPSA) is 90.7 Å². The van der Waals surface area contributed by atoms with Crippen LogP contribution < -0.4 is 0 Å². The number of nitro benzene ring substituents is 1. The summed E-state index contributed by atoms with van der Waals surface area (Å²) in [5, 5.41) is 27.7. The summed E-state index contributed by atoms with van der Waals surface area (Å²) in [5.74, 6) is 0. The fourth-order valence-corrected chi connectivity index (χ4v) is 1.35. The highest BCUT2D eigenvalue weighted by Crippen LogP contribution is 2.37. The monoisotopic (exact) mass is 255 g/mol. The van der Waals surface area contributed by atoms with Crippen molar-refractivity contribution < 1.29 is 18.1 Å². The van der Waals surface area contributed by atoms with Crippen LogP contribution in [0.1, 0.15) is 16.7 Å². The fraction of sp³-hybridized carbons (Fsp3) is 0.200. The highest BCUT2D eigenvalue weighted by molar-refractivity contribution is 5.53. The molecule has 0 aliphatic rings. The van der Waals surface area contributed by atoms with Crippen molar-refractivity contribution in [2.75, 3.05) is 0 Å². The molecule has 0 aliphatic carbocycles.